The molecule has 0 heterocycles. The van der Waals surface area contributed by atoms with E-state index in [1.807, 2.05) is 0 Å². The van der Waals surface area contributed by atoms with E-state index in [0.29, 0.717) is 26.1 Å². The molecule has 0 aliphatic carbocycles. The minimum absolute atomic E-state index is 0.0115. The van der Waals surface area contributed by atoms with Crippen molar-refractivity contribution >= 4 is 5.91 Å². The number of ether oxygens (including phenoxy) is 2. The van der Waals surface area contributed by atoms with E-state index in [0.717, 1.165) is 0 Å². The minimum atomic E-state index is -0.541. The third-order valence-electron chi connectivity index (χ3n) is 1.65. The van der Waals surface area contributed by atoms with Crippen LogP contribution in [0.25, 0.3) is 0 Å². The summed E-state index contributed by atoms with van der Waals surface area (Å²) < 4.78 is 9.66. The molecule has 0 saturated heterocycles. The highest BCUT2D eigenvalue weighted by atomic mass is 16.5. The normalized spacial score (nSPS) is 12.5. The molecule has 0 fully saturated rings. The first-order valence-electron chi connectivity index (χ1n) is 4.92. The van der Waals surface area contributed by atoms with Crippen LogP contribution in [0.2, 0.25) is 0 Å². The monoisotopic (exact) mass is 220 g/mol. The Labute approximate surface area is 89.7 Å². The van der Waals surface area contributed by atoms with Crippen molar-refractivity contribution in [2.75, 3.05) is 40.0 Å². The number of methoxy groups -OCH3 is 1. The topological polar surface area (TPSA) is 93.8 Å². The molecule has 0 aromatic heterocycles. The molecule has 4 N–H and O–H groups in total. The van der Waals surface area contributed by atoms with Crippen molar-refractivity contribution < 1.29 is 19.4 Å². The summed E-state index contributed by atoms with van der Waals surface area (Å²) in [5, 5.41) is 11.9. The number of hydrogen-bond donors (Lipinski definition) is 3. The Morgan fingerprint density at radius 3 is 2.93 bits per heavy atom. The van der Waals surface area contributed by atoms with Gasteiger partial charge in [-0.2, -0.15) is 0 Å². The Balaban J connectivity index is 3.30. The number of nitrogens with two attached hydrogens (primary N) is 1. The molecule has 1 unspecified atom stereocenters. The molecular formula is C9H20N2O4. The largest absolute Gasteiger partial charge is 0.391 e. The maximum absolute atomic E-state index is 11.1. The molecule has 0 aromatic carbocycles. The molecule has 0 aliphatic heterocycles. The molecule has 1 atom stereocenters. The van der Waals surface area contributed by atoms with Gasteiger partial charge >= 0.3 is 0 Å². The molecule has 0 radical (unpaired) electrons. The third-order valence-corrected chi connectivity index (χ3v) is 1.65. The van der Waals surface area contributed by atoms with Gasteiger partial charge in [-0.05, 0) is 6.42 Å². The van der Waals surface area contributed by atoms with Crippen molar-refractivity contribution in [2.24, 2.45) is 5.73 Å². The number of aliphatic hydroxyl groups is 1. The first-order valence-corrected chi connectivity index (χ1v) is 4.92. The zero-order valence-corrected chi connectivity index (χ0v) is 9.07. The number of hydrogen-bond acceptors (Lipinski definition) is 5. The lowest BCUT2D eigenvalue weighted by Crippen LogP contribution is -2.31. The van der Waals surface area contributed by atoms with Crippen LogP contribution in [0.3, 0.4) is 0 Å². The van der Waals surface area contributed by atoms with E-state index in [4.69, 9.17) is 15.2 Å². The second-order valence-corrected chi connectivity index (χ2v) is 3.09. The average molecular weight is 220 g/mol. The first kappa shape index (κ1) is 14.3. The van der Waals surface area contributed by atoms with E-state index < -0.39 is 6.10 Å². The van der Waals surface area contributed by atoms with Gasteiger partial charge in [-0.3, -0.25) is 4.79 Å². The van der Waals surface area contributed by atoms with Crippen LogP contribution in [-0.4, -0.2) is 57.1 Å². The lowest BCUT2D eigenvalue weighted by molar-refractivity contribution is -0.125. The summed E-state index contributed by atoms with van der Waals surface area (Å²) in [6, 6.07) is 0. The molecule has 0 bridgehead atoms. The molecular weight excluding hydrogens is 200 g/mol. The van der Waals surface area contributed by atoms with Gasteiger partial charge < -0.3 is 25.6 Å². The van der Waals surface area contributed by atoms with E-state index in [1.165, 1.54) is 7.11 Å². The van der Waals surface area contributed by atoms with Crippen LogP contribution in [0, 0.1) is 0 Å². The Hall–Kier alpha value is -0.690. The van der Waals surface area contributed by atoms with Gasteiger partial charge in [0.25, 0.3) is 0 Å². The molecule has 0 spiro atoms. The van der Waals surface area contributed by atoms with Crippen LogP contribution in [0.1, 0.15) is 6.42 Å². The van der Waals surface area contributed by atoms with Crippen LogP contribution in [0.15, 0.2) is 0 Å². The highest BCUT2D eigenvalue weighted by Gasteiger charge is 2.04. The summed E-state index contributed by atoms with van der Waals surface area (Å²) in [6.45, 7) is 1.48. The fourth-order valence-corrected chi connectivity index (χ4v) is 0.953. The predicted octanol–water partition coefficient (Wildman–Crippen LogP) is -1.52. The lowest BCUT2D eigenvalue weighted by Gasteiger charge is -2.10. The smallest absolute Gasteiger partial charge is 0.245 e. The molecule has 6 heteroatoms. The van der Waals surface area contributed by atoms with Crippen molar-refractivity contribution in [2.45, 2.75) is 12.5 Å². The molecule has 6 nitrogen and oxygen atoms in total. The maximum atomic E-state index is 11.1. The highest BCUT2D eigenvalue weighted by molar-refractivity contribution is 5.77. The van der Waals surface area contributed by atoms with Crippen molar-refractivity contribution in [1.29, 1.82) is 0 Å². The highest BCUT2D eigenvalue weighted by Crippen LogP contribution is 1.89. The summed E-state index contributed by atoms with van der Waals surface area (Å²) in [5.74, 6) is -0.201. The Kier molecular flexibility index (Phi) is 9.40. The third kappa shape index (κ3) is 9.61. The Bertz CT molecular complexity index is 166. The zero-order valence-electron chi connectivity index (χ0n) is 9.07. The minimum Gasteiger partial charge on any atom is -0.391 e. The SMILES string of the molecule is COCC(O)CCNC(=O)COCCN. The van der Waals surface area contributed by atoms with Gasteiger partial charge in [0, 0.05) is 20.2 Å². The van der Waals surface area contributed by atoms with E-state index >= 15 is 0 Å². The van der Waals surface area contributed by atoms with Gasteiger partial charge in [-0.15, -0.1) is 0 Å². The second kappa shape index (κ2) is 9.85. The van der Waals surface area contributed by atoms with Crippen molar-refractivity contribution in [3.05, 3.63) is 0 Å². The quantitative estimate of drug-likeness (QED) is 0.410. The van der Waals surface area contributed by atoms with Crippen LogP contribution in [0.4, 0.5) is 0 Å². The summed E-state index contributed by atoms with van der Waals surface area (Å²) in [5.41, 5.74) is 5.18. The second-order valence-electron chi connectivity index (χ2n) is 3.09. The fourth-order valence-electron chi connectivity index (χ4n) is 0.953. The summed E-state index contributed by atoms with van der Waals surface area (Å²) in [7, 11) is 1.52. The van der Waals surface area contributed by atoms with Crippen molar-refractivity contribution in [3.63, 3.8) is 0 Å². The Morgan fingerprint density at radius 1 is 1.60 bits per heavy atom. The zero-order chi connectivity index (χ0) is 11.5. The standard InChI is InChI=1S/C9H20N2O4/c1-14-6-8(12)2-4-11-9(13)7-15-5-3-10/h8,12H,2-7,10H2,1H3,(H,11,13). The van der Waals surface area contributed by atoms with Crippen LogP contribution < -0.4 is 11.1 Å². The number of rotatable bonds is 9. The number of nitrogens with one attached hydrogen (secondary N) is 1. The van der Waals surface area contributed by atoms with E-state index in [2.05, 4.69) is 5.32 Å². The average Bonchev–Trinajstić information content (AvgIpc) is 2.18. The first-order chi connectivity index (χ1) is 7.20. The van der Waals surface area contributed by atoms with E-state index in [1.54, 1.807) is 0 Å². The summed E-state index contributed by atoms with van der Waals surface area (Å²) in [4.78, 5) is 11.1. The molecule has 90 valence electrons. The number of carbonyl (C=O) groups excluding carboxylic acids is 1. The van der Waals surface area contributed by atoms with Gasteiger partial charge in [0.15, 0.2) is 0 Å². The maximum Gasteiger partial charge on any atom is 0.245 e. The van der Waals surface area contributed by atoms with Crippen LogP contribution in [0.5, 0.6) is 0 Å². The van der Waals surface area contributed by atoms with Crippen molar-refractivity contribution in [1.82, 2.24) is 5.32 Å². The fraction of sp³-hybridized carbons (Fsp3) is 0.889. The van der Waals surface area contributed by atoms with E-state index in [-0.39, 0.29) is 19.1 Å². The Morgan fingerprint density at radius 2 is 2.33 bits per heavy atom. The number of carbonyl (C=O) groups is 1. The molecule has 0 aliphatic rings. The van der Waals surface area contributed by atoms with Crippen LogP contribution >= 0.6 is 0 Å². The van der Waals surface area contributed by atoms with Gasteiger partial charge in [0.05, 0.1) is 19.3 Å². The lowest BCUT2D eigenvalue weighted by atomic mass is 10.2. The molecule has 0 rings (SSSR count). The van der Waals surface area contributed by atoms with Crippen molar-refractivity contribution in [3.8, 4) is 0 Å². The van der Waals surface area contributed by atoms with Gasteiger partial charge in [0.2, 0.25) is 5.91 Å². The van der Waals surface area contributed by atoms with Gasteiger partial charge in [-0.25, -0.2) is 0 Å². The van der Waals surface area contributed by atoms with Crippen LogP contribution in [-0.2, 0) is 14.3 Å². The molecule has 15 heavy (non-hydrogen) atoms. The summed E-state index contributed by atoms with van der Waals surface area (Å²) >= 11 is 0. The van der Waals surface area contributed by atoms with Gasteiger partial charge in [-0.1, -0.05) is 0 Å². The van der Waals surface area contributed by atoms with E-state index in [9.17, 15) is 9.90 Å². The van der Waals surface area contributed by atoms with Gasteiger partial charge in [0.1, 0.15) is 6.61 Å². The number of aliphatic hydroxyl groups excluding tert-OH is 1. The molecule has 0 aromatic rings. The number of amides is 1. The molecule has 0 saturated carbocycles. The predicted molar refractivity (Wildman–Crippen MR) is 55.4 cm³/mol. The molecule has 1 amide bonds. The summed E-state index contributed by atoms with van der Waals surface area (Å²) in [6.07, 6.45) is -0.0727.